The predicted octanol–water partition coefficient (Wildman–Crippen LogP) is 1.43. The van der Waals surface area contributed by atoms with E-state index in [1.165, 1.54) is 0 Å². The van der Waals surface area contributed by atoms with Gasteiger partial charge in [-0.15, -0.1) is 10.1 Å². The van der Waals surface area contributed by atoms with Crippen LogP contribution in [0, 0.1) is 10.1 Å². The van der Waals surface area contributed by atoms with E-state index in [0.29, 0.717) is 12.1 Å². The average molecular weight is 279 g/mol. The topological polar surface area (TPSA) is 107 Å². The van der Waals surface area contributed by atoms with Crippen LogP contribution in [0.15, 0.2) is 43.0 Å². The summed E-state index contributed by atoms with van der Waals surface area (Å²) >= 11 is 0. The highest BCUT2D eigenvalue weighted by Crippen LogP contribution is 2.12. The quantitative estimate of drug-likeness (QED) is 0.515. The molecule has 2 rings (SSSR count). The summed E-state index contributed by atoms with van der Waals surface area (Å²) in [6.07, 6.45) is 5.05. The monoisotopic (exact) mass is 279 g/mol. The molecule has 0 bridgehead atoms. The van der Waals surface area contributed by atoms with E-state index in [4.69, 9.17) is 20.1 Å². The molecule has 1 heterocycles. The van der Waals surface area contributed by atoms with Crippen LogP contribution in [0.5, 0.6) is 5.75 Å². The Kier molecular flexibility index (Phi) is 5.70. The molecule has 0 unspecified atom stereocenters. The molecule has 0 saturated carbocycles. The van der Waals surface area contributed by atoms with Gasteiger partial charge in [-0.25, -0.2) is 4.98 Å². The number of hydrogen-bond acceptors (Lipinski definition) is 5. The number of ether oxygens (including phenoxy) is 1. The van der Waals surface area contributed by atoms with E-state index in [0.717, 1.165) is 5.75 Å². The molecule has 1 aromatic carbocycles. The molecule has 0 atom stereocenters. The number of nitrogens with zero attached hydrogens (tertiary/aromatic N) is 3. The standard InChI is InChI=1S/C12H12N2O2.HNO3/c1-16-11-4-2-10(3-5-11)12(15)8-14-7-6-13-9-14;2-1(3)4/h2-7,9H,8H2,1H3;(H,2,3,4). The van der Waals surface area contributed by atoms with Crippen LogP contribution in [-0.4, -0.2) is 32.7 Å². The lowest BCUT2D eigenvalue weighted by Gasteiger charge is -2.03. The number of Topliss-reactive ketones (excluding diaryl/α,β-unsaturated/α-hetero) is 1. The van der Waals surface area contributed by atoms with Crippen LogP contribution in [0.4, 0.5) is 0 Å². The molecule has 1 aromatic heterocycles. The van der Waals surface area contributed by atoms with Crippen molar-refractivity contribution in [2.24, 2.45) is 0 Å². The molecule has 2 aromatic rings. The molecule has 0 radical (unpaired) electrons. The Hall–Kier alpha value is -2.90. The van der Waals surface area contributed by atoms with E-state index in [9.17, 15) is 4.79 Å². The van der Waals surface area contributed by atoms with Crippen LogP contribution in [0.25, 0.3) is 0 Å². The molecule has 1 N–H and O–H groups in total. The van der Waals surface area contributed by atoms with Crippen LogP contribution in [0.3, 0.4) is 0 Å². The summed E-state index contributed by atoms with van der Waals surface area (Å²) in [5.41, 5.74) is 0.675. The van der Waals surface area contributed by atoms with Crippen LogP contribution < -0.4 is 4.74 Å². The van der Waals surface area contributed by atoms with Crippen molar-refractivity contribution >= 4 is 5.78 Å². The Morgan fingerprint density at radius 2 is 2.05 bits per heavy atom. The summed E-state index contributed by atoms with van der Waals surface area (Å²) in [6, 6.07) is 7.08. The van der Waals surface area contributed by atoms with Crippen molar-refractivity contribution < 1.29 is 19.8 Å². The van der Waals surface area contributed by atoms with Gasteiger partial charge in [0.15, 0.2) is 5.78 Å². The summed E-state index contributed by atoms with van der Waals surface area (Å²) in [7, 11) is 1.60. The average Bonchev–Trinajstić information content (AvgIpc) is 2.91. The van der Waals surface area contributed by atoms with E-state index in [1.807, 2.05) is 0 Å². The van der Waals surface area contributed by atoms with Crippen LogP contribution >= 0.6 is 0 Å². The fourth-order valence-electron chi connectivity index (χ4n) is 1.41. The summed E-state index contributed by atoms with van der Waals surface area (Å²) in [6.45, 7) is 0.312. The lowest BCUT2D eigenvalue weighted by molar-refractivity contribution is -0.742. The molecular formula is C12H13N3O5. The van der Waals surface area contributed by atoms with Gasteiger partial charge in [-0.2, -0.15) is 0 Å². The number of methoxy groups -OCH3 is 1. The maximum atomic E-state index is 11.8. The number of rotatable bonds is 4. The maximum absolute atomic E-state index is 11.8. The van der Waals surface area contributed by atoms with Crippen molar-refractivity contribution in [2.75, 3.05) is 7.11 Å². The highest BCUT2D eigenvalue weighted by Gasteiger charge is 2.06. The number of aromatic nitrogens is 2. The van der Waals surface area contributed by atoms with Gasteiger partial charge in [0.2, 0.25) is 0 Å². The summed E-state index contributed by atoms with van der Waals surface area (Å²) in [5, 5.41) is 13.6. The fourth-order valence-corrected chi connectivity index (χ4v) is 1.41. The zero-order valence-electron chi connectivity index (χ0n) is 10.7. The third kappa shape index (κ3) is 5.17. The Balaban J connectivity index is 0.000000444. The Morgan fingerprint density at radius 3 is 2.50 bits per heavy atom. The zero-order valence-corrected chi connectivity index (χ0v) is 10.7. The molecule has 8 nitrogen and oxygen atoms in total. The van der Waals surface area contributed by atoms with Crippen molar-refractivity contribution in [1.29, 1.82) is 0 Å². The molecule has 0 fully saturated rings. The summed E-state index contributed by atoms with van der Waals surface area (Å²) < 4.78 is 6.77. The number of benzene rings is 1. The molecule has 0 saturated heterocycles. The second kappa shape index (κ2) is 7.52. The second-order valence-electron chi connectivity index (χ2n) is 3.62. The van der Waals surface area contributed by atoms with E-state index in [1.54, 1.807) is 54.7 Å². The molecule has 0 spiro atoms. The molecule has 0 amide bonds. The third-order valence-electron chi connectivity index (χ3n) is 2.30. The lowest BCUT2D eigenvalue weighted by atomic mass is 10.1. The molecule has 0 aliphatic carbocycles. The SMILES string of the molecule is COc1ccc(C(=O)Cn2ccnc2)cc1.O=[N+]([O-])O. The van der Waals surface area contributed by atoms with E-state index < -0.39 is 5.09 Å². The highest BCUT2D eigenvalue weighted by atomic mass is 16.9. The van der Waals surface area contributed by atoms with Crippen molar-refractivity contribution in [1.82, 2.24) is 9.55 Å². The van der Waals surface area contributed by atoms with Crippen LogP contribution in [-0.2, 0) is 6.54 Å². The third-order valence-corrected chi connectivity index (χ3v) is 2.30. The fraction of sp³-hybridized carbons (Fsp3) is 0.167. The van der Waals surface area contributed by atoms with Gasteiger partial charge in [0.25, 0.3) is 5.09 Å². The van der Waals surface area contributed by atoms with E-state index in [-0.39, 0.29) is 5.78 Å². The van der Waals surface area contributed by atoms with Gasteiger partial charge in [0.1, 0.15) is 5.75 Å². The van der Waals surface area contributed by atoms with E-state index in [2.05, 4.69) is 4.98 Å². The van der Waals surface area contributed by atoms with E-state index >= 15 is 0 Å². The first-order valence-electron chi connectivity index (χ1n) is 5.49. The van der Waals surface area contributed by atoms with Gasteiger partial charge in [-0.05, 0) is 24.3 Å². The molecule has 0 aliphatic rings. The summed E-state index contributed by atoms with van der Waals surface area (Å²) in [5.74, 6) is 0.805. The number of hydrogen-bond donors (Lipinski definition) is 1. The molecule has 8 heteroatoms. The first-order chi connectivity index (χ1) is 9.52. The van der Waals surface area contributed by atoms with Crippen molar-refractivity contribution in [3.63, 3.8) is 0 Å². The zero-order chi connectivity index (χ0) is 15.0. The summed E-state index contributed by atoms with van der Waals surface area (Å²) in [4.78, 5) is 24.1. The smallest absolute Gasteiger partial charge is 0.291 e. The number of carbonyl (C=O) groups excluding carboxylic acids is 1. The normalized spacial score (nSPS) is 9.25. The van der Waals surface area contributed by atoms with Gasteiger partial charge < -0.3 is 14.5 Å². The molecule has 106 valence electrons. The first kappa shape index (κ1) is 15.2. The van der Waals surface area contributed by atoms with Crippen LogP contribution in [0.1, 0.15) is 10.4 Å². The van der Waals surface area contributed by atoms with Crippen molar-refractivity contribution in [2.45, 2.75) is 6.54 Å². The minimum absolute atomic E-state index is 0.0562. The number of ketones is 1. The van der Waals surface area contributed by atoms with Crippen molar-refractivity contribution in [3.05, 3.63) is 58.7 Å². The van der Waals surface area contributed by atoms with Crippen LogP contribution in [0.2, 0.25) is 0 Å². The lowest BCUT2D eigenvalue weighted by Crippen LogP contribution is -2.08. The highest BCUT2D eigenvalue weighted by molar-refractivity contribution is 5.95. The second-order valence-corrected chi connectivity index (χ2v) is 3.62. The Labute approximate surface area is 114 Å². The number of carbonyl (C=O) groups is 1. The molecule has 0 aliphatic heterocycles. The Bertz CT molecular complexity index is 547. The Morgan fingerprint density at radius 1 is 1.45 bits per heavy atom. The van der Waals surface area contributed by atoms with Gasteiger partial charge in [-0.3, -0.25) is 4.79 Å². The minimum atomic E-state index is -1.50. The predicted molar refractivity (Wildman–Crippen MR) is 68.3 cm³/mol. The molecular weight excluding hydrogens is 266 g/mol. The maximum Gasteiger partial charge on any atom is 0.291 e. The minimum Gasteiger partial charge on any atom is -0.497 e. The van der Waals surface area contributed by atoms with Gasteiger partial charge in [-0.1, -0.05) is 0 Å². The van der Waals surface area contributed by atoms with Gasteiger partial charge in [0.05, 0.1) is 20.0 Å². The number of imidazole rings is 1. The van der Waals surface area contributed by atoms with Gasteiger partial charge >= 0.3 is 0 Å². The first-order valence-corrected chi connectivity index (χ1v) is 5.49. The molecule has 20 heavy (non-hydrogen) atoms. The van der Waals surface area contributed by atoms with Gasteiger partial charge in [0, 0.05) is 18.0 Å². The largest absolute Gasteiger partial charge is 0.497 e. The van der Waals surface area contributed by atoms with Crippen molar-refractivity contribution in [3.8, 4) is 5.75 Å².